The maximum Gasteiger partial charge on any atom is 0.321 e. The Morgan fingerprint density at radius 2 is 2.24 bits per heavy atom. The number of fused-ring (bicyclic) bond motifs is 1. The van der Waals surface area contributed by atoms with Crippen molar-refractivity contribution in [2.24, 2.45) is 0 Å². The zero-order chi connectivity index (χ0) is 15.0. The molecule has 1 aliphatic rings. The molecule has 0 radical (unpaired) electrons. The first-order valence-electron chi connectivity index (χ1n) is 6.65. The lowest BCUT2D eigenvalue weighted by atomic mass is 10.00. The topological polar surface area (TPSA) is 44.4 Å². The molecule has 0 bridgehead atoms. The van der Waals surface area contributed by atoms with Crippen LogP contribution >= 0.6 is 22.9 Å². The minimum Gasteiger partial charge on any atom is -0.323 e. The van der Waals surface area contributed by atoms with E-state index in [2.05, 4.69) is 16.7 Å². The number of rotatable bonds is 3. The van der Waals surface area contributed by atoms with Gasteiger partial charge in [-0.25, -0.2) is 4.79 Å². The molecule has 1 aromatic carbocycles. The van der Waals surface area contributed by atoms with E-state index in [1.807, 2.05) is 30.6 Å². The van der Waals surface area contributed by atoms with Crippen molar-refractivity contribution in [3.8, 4) is 0 Å². The van der Waals surface area contributed by atoms with Crippen molar-refractivity contribution in [3.63, 3.8) is 0 Å². The minimum absolute atomic E-state index is 0.0609. The Balaban J connectivity index is 1.98. The Labute approximate surface area is 132 Å². The molecule has 0 aliphatic carbocycles. The zero-order valence-corrected chi connectivity index (χ0v) is 13.4. The Morgan fingerprint density at radius 3 is 2.90 bits per heavy atom. The Morgan fingerprint density at radius 1 is 1.43 bits per heavy atom. The van der Waals surface area contributed by atoms with Crippen LogP contribution in [0, 0.1) is 0 Å². The molecule has 4 nitrogen and oxygen atoms in total. The molecule has 6 heteroatoms. The van der Waals surface area contributed by atoms with Gasteiger partial charge < -0.3 is 15.5 Å². The number of carbonyl (C=O) groups excluding carboxylic acids is 1. The number of carbonyl (C=O) groups is 1. The summed E-state index contributed by atoms with van der Waals surface area (Å²) in [4.78, 5) is 14.4. The Kier molecular flexibility index (Phi) is 3.89. The normalized spacial score (nSPS) is 15.6. The quantitative estimate of drug-likeness (QED) is 0.905. The van der Waals surface area contributed by atoms with Gasteiger partial charge in [0.05, 0.1) is 11.1 Å². The number of nitrogens with zero attached hydrogens (tertiary/aromatic N) is 1. The summed E-state index contributed by atoms with van der Waals surface area (Å²) < 4.78 is 0. The van der Waals surface area contributed by atoms with Crippen LogP contribution in [-0.4, -0.2) is 25.0 Å². The third-order valence-electron chi connectivity index (χ3n) is 3.65. The monoisotopic (exact) mass is 321 g/mol. The van der Waals surface area contributed by atoms with Gasteiger partial charge in [-0.15, -0.1) is 11.3 Å². The maximum absolute atomic E-state index is 11.6. The van der Waals surface area contributed by atoms with Crippen LogP contribution in [-0.2, 0) is 6.54 Å². The summed E-state index contributed by atoms with van der Waals surface area (Å²) in [6.07, 6.45) is 0. The van der Waals surface area contributed by atoms with Crippen molar-refractivity contribution >= 4 is 34.7 Å². The molecule has 110 valence electrons. The van der Waals surface area contributed by atoms with Gasteiger partial charge in [0.15, 0.2) is 0 Å². The van der Waals surface area contributed by atoms with Gasteiger partial charge in [0.1, 0.15) is 0 Å². The van der Waals surface area contributed by atoms with Crippen molar-refractivity contribution < 1.29 is 4.79 Å². The number of benzene rings is 1. The second-order valence-corrected chi connectivity index (χ2v) is 6.41. The molecule has 2 amide bonds. The fourth-order valence-electron chi connectivity index (χ4n) is 2.54. The Hall–Kier alpha value is -1.56. The van der Waals surface area contributed by atoms with E-state index in [-0.39, 0.29) is 12.1 Å². The molecule has 1 unspecified atom stereocenters. The third-order valence-corrected chi connectivity index (χ3v) is 5.08. The molecule has 0 spiro atoms. The molecule has 3 rings (SSSR count). The molecule has 0 fully saturated rings. The van der Waals surface area contributed by atoms with Gasteiger partial charge in [0, 0.05) is 24.2 Å². The second kappa shape index (κ2) is 5.67. The number of halogens is 1. The first kappa shape index (κ1) is 14.4. The molecule has 21 heavy (non-hydrogen) atoms. The van der Waals surface area contributed by atoms with E-state index in [1.54, 1.807) is 23.3 Å². The van der Waals surface area contributed by atoms with Crippen molar-refractivity contribution in [1.29, 1.82) is 0 Å². The van der Waals surface area contributed by atoms with E-state index in [0.717, 1.165) is 26.7 Å². The number of amides is 2. The number of urea groups is 1. The summed E-state index contributed by atoms with van der Waals surface area (Å²) >= 11 is 7.89. The molecule has 0 saturated carbocycles. The number of thiophene rings is 1. The number of hydrogen-bond donors (Lipinski definition) is 2. The van der Waals surface area contributed by atoms with Gasteiger partial charge in [0.2, 0.25) is 0 Å². The highest BCUT2D eigenvalue weighted by Gasteiger charge is 2.22. The van der Waals surface area contributed by atoms with E-state index in [1.165, 1.54) is 0 Å². The van der Waals surface area contributed by atoms with Gasteiger partial charge in [-0.2, -0.15) is 0 Å². The average Bonchev–Trinajstić information content (AvgIpc) is 2.88. The van der Waals surface area contributed by atoms with E-state index in [0.29, 0.717) is 6.54 Å². The molecular weight excluding hydrogens is 306 g/mol. The molecule has 1 aromatic heterocycles. The highest BCUT2D eigenvalue weighted by Crippen LogP contribution is 2.34. The third kappa shape index (κ3) is 2.64. The molecule has 2 aromatic rings. The summed E-state index contributed by atoms with van der Waals surface area (Å²) in [7, 11) is 3.71. The largest absolute Gasteiger partial charge is 0.323 e. The molecule has 2 heterocycles. The summed E-state index contributed by atoms with van der Waals surface area (Å²) in [5, 5.41) is 8.97. The summed E-state index contributed by atoms with van der Waals surface area (Å²) in [6.45, 7) is 0.615. The predicted octanol–water partition coefficient (Wildman–Crippen LogP) is 3.69. The number of nitrogens with one attached hydrogen (secondary N) is 2. The highest BCUT2D eigenvalue weighted by molar-refractivity contribution is 7.10. The van der Waals surface area contributed by atoms with Gasteiger partial charge >= 0.3 is 6.03 Å². The summed E-state index contributed by atoms with van der Waals surface area (Å²) in [5.41, 5.74) is 3.14. The predicted molar refractivity (Wildman–Crippen MR) is 87.2 cm³/mol. The first-order valence-corrected chi connectivity index (χ1v) is 7.91. The van der Waals surface area contributed by atoms with Crippen LogP contribution in [0.1, 0.15) is 22.0 Å². The van der Waals surface area contributed by atoms with E-state index < -0.39 is 0 Å². The maximum atomic E-state index is 11.6. The Bertz CT molecular complexity index is 685. The molecular formula is C15H16ClN3OS. The van der Waals surface area contributed by atoms with E-state index in [9.17, 15) is 4.79 Å². The standard InChI is InChI=1S/C15H16ClN3OS/c1-17-13(14-11(16)5-6-21-14)9-3-4-12-10(7-9)8-19(2)15(20)18-12/h3-7,13,17H,8H2,1-2H3,(H,18,20). The lowest BCUT2D eigenvalue weighted by molar-refractivity contribution is 0.218. The van der Waals surface area contributed by atoms with Crippen molar-refractivity contribution in [3.05, 3.63) is 50.7 Å². The SMILES string of the molecule is CNC(c1ccc2c(c1)CN(C)C(=O)N2)c1sccc1Cl. The fraction of sp³-hybridized carbons (Fsp3) is 0.267. The van der Waals surface area contributed by atoms with Crippen LogP contribution in [0.3, 0.4) is 0 Å². The zero-order valence-electron chi connectivity index (χ0n) is 11.8. The smallest absolute Gasteiger partial charge is 0.321 e. The van der Waals surface area contributed by atoms with Crippen LogP contribution < -0.4 is 10.6 Å². The molecule has 1 aliphatic heterocycles. The van der Waals surface area contributed by atoms with Crippen molar-refractivity contribution in [2.45, 2.75) is 12.6 Å². The van der Waals surface area contributed by atoms with Crippen molar-refractivity contribution in [1.82, 2.24) is 10.2 Å². The number of anilines is 1. The average molecular weight is 322 g/mol. The van der Waals surface area contributed by atoms with Gasteiger partial charge in [0.25, 0.3) is 0 Å². The first-order chi connectivity index (χ1) is 10.1. The lowest BCUT2D eigenvalue weighted by Gasteiger charge is -2.27. The van der Waals surface area contributed by atoms with E-state index >= 15 is 0 Å². The van der Waals surface area contributed by atoms with E-state index in [4.69, 9.17) is 11.6 Å². The second-order valence-electron chi connectivity index (χ2n) is 5.06. The van der Waals surface area contributed by atoms with Crippen LogP contribution in [0.2, 0.25) is 5.02 Å². The summed E-state index contributed by atoms with van der Waals surface area (Å²) in [6, 6.07) is 8.02. The van der Waals surface area contributed by atoms with Crippen molar-refractivity contribution in [2.75, 3.05) is 19.4 Å². The fourth-order valence-corrected chi connectivity index (χ4v) is 3.85. The van der Waals surface area contributed by atoms with Gasteiger partial charge in [-0.1, -0.05) is 17.7 Å². The molecule has 1 atom stereocenters. The highest BCUT2D eigenvalue weighted by atomic mass is 35.5. The van der Waals surface area contributed by atoms with Gasteiger partial charge in [-0.3, -0.25) is 0 Å². The van der Waals surface area contributed by atoms with Crippen LogP contribution in [0.25, 0.3) is 0 Å². The minimum atomic E-state index is -0.0679. The van der Waals surface area contributed by atoms with Crippen LogP contribution in [0.15, 0.2) is 29.6 Å². The molecule has 0 saturated heterocycles. The number of hydrogen-bond acceptors (Lipinski definition) is 3. The lowest BCUT2D eigenvalue weighted by Crippen LogP contribution is -2.35. The van der Waals surface area contributed by atoms with Crippen LogP contribution in [0.5, 0.6) is 0 Å². The van der Waals surface area contributed by atoms with Crippen LogP contribution in [0.4, 0.5) is 10.5 Å². The summed E-state index contributed by atoms with van der Waals surface area (Å²) in [5.74, 6) is 0. The molecule has 2 N–H and O–H groups in total. The van der Waals surface area contributed by atoms with Gasteiger partial charge in [-0.05, 0) is 41.8 Å².